The van der Waals surface area contributed by atoms with Crippen LogP contribution in [0.1, 0.15) is 44.2 Å². The van der Waals surface area contributed by atoms with Gasteiger partial charge in [0.15, 0.2) is 11.5 Å². The highest BCUT2D eigenvalue weighted by Crippen LogP contribution is 2.36. The largest absolute Gasteiger partial charge is 0.493 e. The van der Waals surface area contributed by atoms with Crippen molar-refractivity contribution < 1.29 is 24.2 Å². The second kappa shape index (κ2) is 11.0. The molecule has 0 saturated carbocycles. The number of hydrogen-bond acceptors (Lipinski definition) is 5. The molecule has 1 heterocycles. The van der Waals surface area contributed by atoms with E-state index in [-0.39, 0.29) is 30.9 Å². The van der Waals surface area contributed by atoms with Crippen LogP contribution in [-0.4, -0.2) is 55.2 Å². The van der Waals surface area contributed by atoms with Gasteiger partial charge in [0.05, 0.1) is 26.8 Å². The molecule has 27 heavy (non-hydrogen) atoms. The molecular weight excluding hydrogens is 372 g/mol. The minimum atomic E-state index is -0.919. The number of hydrogen-bond donors (Lipinski definition) is 2. The van der Waals surface area contributed by atoms with E-state index in [1.807, 2.05) is 30.0 Å². The SMILES string of the molecule is CCCC(NCC(=O)N1CCCC1c1ccc(OC)c(OC)c1)C(=O)O.Cl. The van der Waals surface area contributed by atoms with Gasteiger partial charge in [-0.15, -0.1) is 12.4 Å². The molecule has 8 heteroatoms. The minimum absolute atomic E-state index is 0. The van der Waals surface area contributed by atoms with Crippen molar-refractivity contribution in [2.75, 3.05) is 27.3 Å². The summed E-state index contributed by atoms with van der Waals surface area (Å²) in [6.45, 7) is 2.62. The van der Waals surface area contributed by atoms with Gasteiger partial charge >= 0.3 is 5.97 Å². The summed E-state index contributed by atoms with van der Waals surface area (Å²) < 4.78 is 10.6. The summed E-state index contributed by atoms with van der Waals surface area (Å²) in [4.78, 5) is 25.7. The number of carbonyl (C=O) groups is 2. The Morgan fingerprint density at radius 2 is 2.00 bits per heavy atom. The fourth-order valence-corrected chi connectivity index (χ4v) is 3.39. The van der Waals surface area contributed by atoms with Crippen LogP contribution in [0.2, 0.25) is 0 Å². The Labute approximate surface area is 166 Å². The van der Waals surface area contributed by atoms with E-state index in [1.54, 1.807) is 14.2 Å². The molecule has 2 unspecified atom stereocenters. The Morgan fingerprint density at radius 3 is 2.59 bits per heavy atom. The van der Waals surface area contributed by atoms with Crippen LogP contribution in [0.4, 0.5) is 0 Å². The maximum Gasteiger partial charge on any atom is 0.320 e. The number of nitrogens with zero attached hydrogens (tertiary/aromatic N) is 1. The number of carboxylic acid groups (broad SMARTS) is 1. The van der Waals surface area contributed by atoms with Crippen molar-refractivity contribution >= 4 is 24.3 Å². The number of carbonyl (C=O) groups excluding carboxylic acids is 1. The number of rotatable bonds is 9. The molecule has 1 saturated heterocycles. The van der Waals surface area contributed by atoms with Crippen LogP contribution in [0.15, 0.2) is 18.2 Å². The van der Waals surface area contributed by atoms with Gasteiger partial charge in [0, 0.05) is 6.54 Å². The number of aliphatic carboxylic acids is 1. The zero-order chi connectivity index (χ0) is 19.1. The molecule has 2 atom stereocenters. The van der Waals surface area contributed by atoms with Gasteiger partial charge in [0.2, 0.25) is 5.91 Å². The maximum absolute atomic E-state index is 12.7. The van der Waals surface area contributed by atoms with E-state index in [2.05, 4.69) is 5.32 Å². The number of nitrogens with one attached hydrogen (secondary N) is 1. The predicted octanol–water partition coefficient (Wildman–Crippen LogP) is 2.63. The third-order valence-corrected chi connectivity index (χ3v) is 4.74. The molecule has 0 aliphatic carbocycles. The Balaban J connectivity index is 0.00000364. The molecule has 1 amide bonds. The van der Waals surface area contributed by atoms with E-state index in [0.29, 0.717) is 24.5 Å². The standard InChI is InChI=1S/C19H28N2O5.ClH/c1-4-6-14(19(23)24)20-12-18(22)21-10-5-7-15(21)13-8-9-16(25-2)17(11-13)26-3;/h8-9,11,14-15,20H,4-7,10,12H2,1-3H3,(H,23,24);1H. The summed E-state index contributed by atoms with van der Waals surface area (Å²) >= 11 is 0. The van der Waals surface area contributed by atoms with Crippen LogP contribution in [-0.2, 0) is 9.59 Å². The molecule has 7 nitrogen and oxygen atoms in total. The quantitative estimate of drug-likeness (QED) is 0.662. The summed E-state index contributed by atoms with van der Waals surface area (Å²) in [7, 11) is 3.17. The lowest BCUT2D eigenvalue weighted by molar-refractivity contribution is -0.140. The fraction of sp³-hybridized carbons (Fsp3) is 0.579. The average Bonchev–Trinajstić information content (AvgIpc) is 3.13. The van der Waals surface area contributed by atoms with Gasteiger partial charge in [0.1, 0.15) is 6.04 Å². The summed E-state index contributed by atoms with van der Waals surface area (Å²) in [5.74, 6) is 0.288. The molecule has 1 aliphatic heterocycles. The van der Waals surface area contributed by atoms with E-state index >= 15 is 0 Å². The first-order valence-corrected chi connectivity index (χ1v) is 8.99. The van der Waals surface area contributed by atoms with E-state index in [4.69, 9.17) is 9.47 Å². The molecule has 2 N–H and O–H groups in total. The van der Waals surface area contributed by atoms with Crippen molar-refractivity contribution in [2.24, 2.45) is 0 Å². The molecule has 0 bridgehead atoms. The molecule has 0 radical (unpaired) electrons. The number of likely N-dealkylation sites (tertiary alicyclic amines) is 1. The highest BCUT2D eigenvalue weighted by Gasteiger charge is 2.31. The number of benzene rings is 1. The second-order valence-corrected chi connectivity index (χ2v) is 6.42. The first-order valence-electron chi connectivity index (χ1n) is 8.99. The lowest BCUT2D eigenvalue weighted by Gasteiger charge is -2.26. The van der Waals surface area contributed by atoms with E-state index in [0.717, 1.165) is 24.8 Å². The minimum Gasteiger partial charge on any atom is -0.493 e. The third kappa shape index (κ3) is 5.74. The van der Waals surface area contributed by atoms with Gasteiger partial charge < -0.3 is 19.5 Å². The monoisotopic (exact) mass is 400 g/mol. The fourth-order valence-electron chi connectivity index (χ4n) is 3.39. The van der Waals surface area contributed by atoms with Crippen molar-refractivity contribution in [3.8, 4) is 11.5 Å². The molecule has 152 valence electrons. The zero-order valence-corrected chi connectivity index (χ0v) is 16.9. The smallest absolute Gasteiger partial charge is 0.320 e. The highest BCUT2D eigenvalue weighted by molar-refractivity contribution is 5.85. The summed E-state index contributed by atoms with van der Waals surface area (Å²) in [6, 6.07) is 4.97. The maximum atomic E-state index is 12.7. The molecule has 1 aromatic carbocycles. The van der Waals surface area contributed by atoms with Crippen LogP contribution >= 0.6 is 12.4 Å². The number of amides is 1. The first kappa shape index (κ1) is 23.0. The molecule has 2 rings (SSSR count). The lowest BCUT2D eigenvalue weighted by Crippen LogP contribution is -2.44. The van der Waals surface area contributed by atoms with Crippen LogP contribution < -0.4 is 14.8 Å². The van der Waals surface area contributed by atoms with Gasteiger partial charge in [-0.3, -0.25) is 14.9 Å². The second-order valence-electron chi connectivity index (χ2n) is 6.42. The molecule has 1 aromatic rings. The van der Waals surface area contributed by atoms with Crippen molar-refractivity contribution in [1.82, 2.24) is 10.2 Å². The van der Waals surface area contributed by atoms with Crippen LogP contribution in [0.5, 0.6) is 11.5 Å². The topological polar surface area (TPSA) is 88.1 Å². The van der Waals surface area contributed by atoms with Gasteiger partial charge in [-0.2, -0.15) is 0 Å². The Hall–Kier alpha value is -1.99. The van der Waals surface area contributed by atoms with E-state index in [9.17, 15) is 14.7 Å². The zero-order valence-electron chi connectivity index (χ0n) is 16.1. The number of carboxylic acids is 1. The number of ether oxygens (including phenoxy) is 2. The van der Waals surface area contributed by atoms with Crippen LogP contribution in [0.25, 0.3) is 0 Å². The van der Waals surface area contributed by atoms with Crippen molar-refractivity contribution in [3.63, 3.8) is 0 Å². The number of halogens is 1. The summed E-state index contributed by atoms with van der Waals surface area (Å²) in [6.07, 6.45) is 3.04. The third-order valence-electron chi connectivity index (χ3n) is 4.74. The van der Waals surface area contributed by atoms with E-state index < -0.39 is 12.0 Å². The van der Waals surface area contributed by atoms with Gasteiger partial charge in [-0.05, 0) is 37.0 Å². The summed E-state index contributed by atoms with van der Waals surface area (Å²) in [5, 5.41) is 12.1. The van der Waals surface area contributed by atoms with Crippen molar-refractivity contribution in [1.29, 1.82) is 0 Å². The van der Waals surface area contributed by atoms with Gasteiger partial charge in [-0.1, -0.05) is 19.4 Å². The van der Waals surface area contributed by atoms with Crippen molar-refractivity contribution in [3.05, 3.63) is 23.8 Å². The number of methoxy groups -OCH3 is 2. The average molecular weight is 401 g/mol. The van der Waals surface area contributed by atoms with Crippen LogP contribution in [0.3, 0.4) is 0 Å². The molecule has 1 fully saturated rings. The normalized spacial score (nSPS) is 17.1. The molecular formula is C19H29ClN2O5. The van der Waals surface area contributed by atoms with Crippen molar-refractivity contribution in [2.45, 2.75) is 44.7 Å². The summed E-state index contributed by atoms with van der Waals surface area (Å²) in [5.41, 5.74) is 0.997. The molecule has 0 aromatic heterocycles. The predicted molar refractivity (Wildman–Crippen MR) is 105 cm³/mol. The van der Waals surface area contributed by atoms with Gasteiger partial charge in [-0.25, -0.2) is 0 Å². The Kier molecular flexibility index (Phi) is 9.38. The highest BCUT2D eigenvalue weighted by atomic mass is 35.5. The Morgan fingerprint density at radius 1 is 1.30 bits per heavy atom. The molecule has 1 aliphatic rings. The Bertz CT molecular complexity index is 641. The van der Waals surface area contributed by atoms with E-state index in [1.165, 1.54) is 0 Å². The lowest BCUT2D eigenvalue weighted by atomic mass is 10.0. The first-order chi connectivity index (χ1) is 12.5. The van der Waals surface area contributed by atoms with Crippen LogP contribution in [0, 0.1) is 0 Å². The van der Waals surface area contributed by atoms with Gasteiger partial charge in [0.25, 0.3) is 0 Å². The molecule has 0 spiro atoms.